The van der Waals surface area contributed by atoms with E-state index in [-0.39, 0.29) is 0 Å². The molecule has 0 aliphatic carbocycles. The first-order valence-corrected chi connectivity index (χ1v) is 4.08. The Morgan fingerprint density at radius 1 is 1.83 bits per heavy atom. The summed E-state index contributed by atoms with van der Waals surface area (Å²) in [5, 5.41) is 13.1. The molecule has 5 nitrogen and oxygen atoms in total. The van der Waals surface area contributed by atoms with Crippen molar-refractivity contribution < 1.29 is 4.92 Å². The van der Waals surface area contributed by atoms with Crippen LogP contribution in [0.4, 0.5) is 0 Å². The summed E-state index contributed by atoms with van der Waals surface area (Å²) < 4.78 is 0. The molecule has 1 fully saturated rings. The third-order valence-electron chi connectivity index (χ3n) is 1.75. The lowest BCUT2D eigenvalue weighted by Crippen LogP contribution is -2.21. The van der Waals surface area contributed by atoms with Gasteiger partial charge >= 0.3 is 0 Å². The highest BCUT2D eigenvalue weighted by atomic mass is 16.6. The summed E-state index contributed by atoms with van der Waals surface area (Å²) in [5.74, 6) is 0.641. The zero-order valence-corrected chi connectivity index (χ0v) is 7.12. The number of nitrogens with zero attached hydrogens (tertiary/aromatic N) is 2. The highest BCUT2D eigenvalue weighted by molar-refractivity contribution is 4.99. The van der Waals surface area contributed by atoms with Crippen molar-refractivity contribution in [2.45, 2.75) is 13.3 Å². The van der Waals surface area contributed by atoms with Crippen molar-refractivity contribution in [1.82, 2.24) is 10.2 Å². The minimum absolute atomic E-state index is 0.420. The third-order valence-corrected chi connectivity index (χ3v) is 1.75. The SMILES string of the molecule is CCCN1CCNC1=C[N+](=O)[O-]. The van der Waals surface area contributed by atoms with E-state index in [4.69, 9.17) is 0 Å². The summed E-state index contributed by atoms with van der Waals surface area (Å²) in [6.45, 7) is 4.61. The maximum atomic E-state index is 10.2. The lowest BCUT2D eigenvalue weighted by Gasteiger charge is -2.14. The molecule has 12 heavy (non-hydrogen) atoms. The Labute approximate surface area is 71.2 Å². The molecule has 5 heteroatoms. The summed E-state index contributed by atoms with van der Waals surface area (Å²) >= 11 is 0. The van der Waals surface area contributed by atoms with Crippen molar-refractivity contribution in [2.24, 2.45) is 0 Å². The lowest BCUT2D eigenvalue weighted by atomic mass is 10.4. The van der Waals surface area contributed by atoms with E-state index in [0.717, 1.165) is 32.3 Å². The Morgan fingerprint density at radius 2 is 2.58 bits per heavy atom. The maximum Gasteiger partial charge on any atom is 0.274 e. The number of hydrogen-bond donors (Lipinski definition) is 1. The topological polar surface area (TPSA) is 58.4 Å². The van der Waals surface area contributed by atoms with Crippen LogP contribution < -0.4 is 5.32 Å². The molecule has 0 radical (unpaired) electrons. The average Bonchev–Trinajstić information content (AvgIpc) is 2.37. The van der Waals surface area contributed by atoms with Gasteiger partial charge in [-0.25, -0.2) is 0 Å². The molecule has 1 saturated heterocycles. The highest BCUT2D eigenvalue weighted by Gasteiger charge is 2.17. The summed E-state index contributed by atoms with van der Waals surface area (Å²) in [6.07, 6.45) is 2.04. The fourth-order valence-electron chi connectivity index (χ4n) is 1.28. The van der Waals surface area contributed by atoms with Crippen LogP contribution in [0.1, 0.15) is 13.3 Å². The molecule has 0 aromatic rings. The van der Waals surface area contributed by atoms with E-state index >= 15 is 0 Å². The summed E-state index contributed by atoms with van der Waals surface area (Å²) in [6, 6.07) is 0. The van der Waals surface area contributed by atoms with Crippen LogP contribution in [0.25, 0.3) is 0 Å². The van der Waals surface area contributed by atoms with E-state index in [1.807, 2.05) is 4.90 Å². The first-order valence-electron chi connectivity index (χ1n) is 4.08. The van der Waals surface area contributed by atoms with Gasteiger partial charge in [0.05, 0.1) is 4.92 Å². The maximum absolute atomic E-state index is 10.2. The van der Waals surface area contributed by atoms with Gasteiger partial charge < -0.3 is 10.2 Å². The lowest BCUT2D eigenvalue weighted by molar-refractivity contribution is -0.404. The van der Waals surface area contributed by atoms with Crippen molar-refractivity contribution in [2.75, 3.05) is 19.6 Å². The Kier molecular flexibility index (Phi) is 2.90. The standard InChI is InChI=1S/C7H13N3O2/c1-2-4-9-5-3-8-7(9)6-10(11)12/h6,8H,2-5H2,1H3. The molecule has 1 rings (SSSR count). The number of rotatable bonds is 3. The van der Waals surface area contributed by atoms with Gasteiger partial charge in [0, 0.05) is 19.6 Å². The monoisotopic (exact) mass is 171 g/mol. The second-order valence-electron chi connectivity index (χ2n) is 2.71. The Bertz CT molecular complexity index is 203. The predicted molar refractivity (Wildman–Crippen MR) is 44.9 cm³/mol. The van der Waals surface area contributed by atoms with Gasteiger partial charge in [-0.05, 0) is 6.42 Å². The van der Waals surface area contributed by atoms with Crippen molar-refractivity contribution in [3.63, 3.8) is 0 Å². The van der Waals surface area contributed by atoms with Gasteiger partial charge in [-0.2, -0.15) is 0 Å². The first kappa shape index (κ1) is 8.83. The summed E-state index contributed by atoms with van der Waals surface area (Å²) in [7, 11) is 0. The van der Waals surface area contributed by atoms with Crippen LogP contribution in [0.5, 0.6) is 0 Å². The van der Waals surface area contributed by atoms with Crippen molar-refractivity contribution in [3.8, 4) is 0 Å². The van der Waals surface area contributed by atoms with Crippen LogP contribution in [0.2, 0.25) is 0 Å². The van der Waals surface area contributed by atoms with Crippen LogP contribution in [0.3, 0.4) is 0 Å². The van der Waals surface area contributed by atoms with E-state index in [1.54, 1.807) is 0 Å². The first-order chi connectivity index (χ1) is 5.74. The predicted octanol–water partition coefficient (Wildman–Crippen LogP) is 0.377. The van der Waals surface area contributed by atoms with E-state index in [0.29, 0.717) is 5.82 Å². The van der Waals surface area contributed by atoms with Gasteiger partial charge in [0.15, 0.2) is 5.82 Å². The molecule has 0 aromatic carbocycles. The van der Waals surface area contributed by atoms with Gasteiger partial charge in [0.1, 0.15) is 0 Å². The van der Waals surface area contributed by atoms with Gasteiger partial charge in [0.2, 0.25) is 0 Å². The molecule has 0 aromatic heterocycles. The van der Waals surface area contributed by atoms with E-state index < -0.39 is 4.92 Å². The van der Waals surface area contributed by atoms with Crippen molar-refractivity contribution >= 4 is 0 Å². The van der Waals surface area contributed by atoms with Crippen LogP contribution in [-0.4, -0.2) is 29.5 Å². The van der Waals surface area contributed by atoms with Gasteiger partial charge in [-0.15, -0.1) is 0 Å². The molecule has 0 bridgehead atoms. The molecular weight excluding hydrogens is 158 g/mol. The Balaban J connectivity index is 2.57. The van der Waals surface area contributed by atoms with Crippen LogP contribution in [0.15, 0.2) is 12.0 Å². The molecule has 68 valence electrons. The van der Waals surface area contributed by atoms with Crippen LogP contribution in [-0.2, 0) is 0 Å². The Morgan fingerprint density at radius 3 is 3.17 bits per heavy atom. The zero-order chi connectivity index (χ0) is 8.97. The van der Waals surface area contributed by atoms with E-state index in [1.165, 1.54) is 0 Å². The smallest absolute Gasteiger partial charge is 0.274 e. The second kappa shape index (κ2) is 3.94. The minimum atomic E-state index is -0.420. The zero-order valence-electron chi connectivity index (χ0n) is 7.12. The van der Waals surface area contributed by atoms with Crippen LogP contribution >= 0.6 is 0 Å². The van der Waals surface area contributed by atoms with Crippen LogP contribution in [0, 0.1) is 10.1 Å². The summed E-state index contributed by atoms with van der Waals surface area (Å²) in [4.78, 5) is 11.7. The molecule has 1 aliphatic heterocycles. The number of hydrogen-bond acceptors (Lipinski definition) is 4. The van der Waals surface area contributed by atoms with Gasteiger partial charge in [0.25, 0.3) is 6.20 Å². The molecule has 0 unspecified atom stereocenters. The molecular formula is C7H13N3O2. The number of nitrogens with one attached hydrogen (secondary N) is 1. The molecule has 1 aliphatic rings. The third kappa shape index (κ3) is 2.11. The fraction of sp³-hybridized carbons (Fsp3) is 0.714. The fourth-order valence-corrected chi connectivity index (χ4v) is 1.28. The normalized spacial score (nSPS) is 19.8. The largest absolute Gasteiger partial charge is 0.365 e. The number of nitro groups is 1. The highest BCUT2D eigenvalue weighted by Crippen LogP contribution is 2.06. The minimum Gasteiger partial charge on any atom is -0.365 e. The van der Waals surface area contributed by atoms with Gasteiger partial charge in [-0.1, -0.05) is 6.92 Å². The second-order valence-corrected chi connectivity index (χ2v) is 2.71. The molecule has 1 heterocycles. The average molecular weight is 171 g/mol. The van der Waals surface area contributed by atoms with E-state index in [9.17, 15) is 10.1 Å². The quantitative estimate of drug-likeness (QED) is 0.492. The van der Waals surface area contributed by atoms with Gasteiger partial charge in [-0.3, -0.25) is 10.1 Å². The van der Waals surface area contributed by atoms with Crippen molar-refractivity contribution in [1.29, 1.82) is 0 Å². The Hall–Kier alpha value is -1.26. The van der Waals surface area contributed by atoms with E-state index in [2.05, 4.69) is 12.2 Å². The molecule has 0 saturated carbocycles. The molecule has 0 amide bonds. The molecule has 0 spiro atoms. The van der Waals surface area contributed by atoms with Crippen molar-refractivity contribution in [3.05, 3.63) is 22.1 Å². The summed E-state index contributed by atoms with van der Waals surface area (Å²) in [5.41, 5.74) is 0. The molecule has 1 N–H and O–H groups in total. The molecule has 0 atom stereocenters.